The molecular weight excluding hydrogens is 382 g/mol. The van der Waals surface area contributed by atoms with Crippen molar-refractivity contribution in [3.05, 3.63) is 70.8 Å². The molecule has 2 N–H and O–H groups in total. The summed E-state index contributed by atoms with van der Waals surface area (Å²) in [6.45, 7) is 6.41. The van der Waals surface area contributed by atoms with Crippen LogP contribution in [0.25, 0.3) is 0 Å². The summed E-state index contributed by atoms with van der Waals surface area (Å²) in [5, 5.41) is 17.4. The number of quaternary nitrogens is 1. The maximum Gasteiger partial charge on any atom is 0.303 e. The van der Waals surface area contributed by atoms with Gasteiger partial charge in [-0.25, -0.2) is 0 Å². The minimum atomic E-state index is -1.33. The number of carboxylic acids is 2. The normalized spacial score (nSPS) is 14.3. The van der Waals surface area contributed by atoms with Crippen LogP contribution in [-0.4, -0.2) is 44.3 Å². The Kier molecular flexibility index (Phi) is 8.15. The standard InChI is InChI=1S/C20H25NO.C4H6O4/c1-20(2)17-11-7-5-9-15(17)19(22-14-13-21(3)4)16-10-6-8-12-18(16)20;5-3(6)1-2-4(7)8/h5-12,19H,13-14H2,1-4H3;1-2H2,(H,5,6)(H,7,8). The van der Waals surface area contributed by atoms with Crippen molar-refractivity contribution in [3.63, 3.8) is 0 Å². The summed E-state index contributed by atoms with van der Waals surface area (Å²) in [5.41, 5.74) is 5.44. The van der Waals surface area contributed by atoms with E-state index < -0.39 is 18.4 Å². The van der Waals surface area contributed by atoms with Crippen molar-refractivity contribution in [2.75, 3.05) is 27.2 Å². The molecule has 6 nitrogen and oxygen atoms in total. The molecule has 3 rings (SSSR count). The average molecular weight is 414 g/mol. The van der Waals surface area contributed by atoms with Crippen molar-refractivity contribution < 1.29 is 29.4 Å². The fourth-order valence-corrected chi connectivity index (χ4v) is 3.67. The van der Waals surface area contributed by atoms with Crippen molar-refractivity contribution >= 4 is 11.9 Å². The zero-order valence-corrected chi connectivity index (χ0v) is 18.1. The summed E-state index contributed by atoms with van der Waals surface area (Å²) in [6, 6.07) is 17.5. The van der Waals surface area contributed by atoms with Gasteiger partial charge in [-0.05, 0) is 28.7 Å². The summed E-state index contributed by atoms with van der Waals surface area (Å²) in [7, 11) is 4.32. The number of carboxylic acid groups (broad SMARTS) is 2. The zero-order chi connectivity index (χ0) is 22.3. The van der Waals surface area contributed by atoms with E-state index in [4.69, 9.17) is 9.84 Å². The highest BCUT2D eigenvalue weighted by atomic mass is 16.5. The van der Waals surface area contributed by atoms with E-state index in [0.29, 0.717) is 0 Å². The lowest BCUT2D eigenvalue weighted by molar-refractivity contribution is -0.858. The summed E-state index contributed by atoms with van der Waals surface area (Å²) in [5.74, 6) is -2.44. The predicted molar refractivity (Wildman–Crippen MR) is 112 cm³/mol. The number of carbonyl (C=O) groups is 2. The molecule has 0 spiro atoms. The van der Waals surface area contributed by atoms with Crippen molar-refractivity contribution in [2.45, 2.75) is 38.2 Å². The largest absolute Gasteiger partial charge is 0.550 e. The fraction of sp³-hybridized carbons (Fsp3) is 0.417. The quantitative estimate of drug-likeness (QED) is 0.711. The van der Waals surface area contributed by atoms with E-state index in [-0.39, 0.29) is 17.9 Å². The van der Waals surface area contributed by atoms with E-state index in [1.807, 2.05) is 0 Å². The molecule has 2 aromatic rings. The monoisotopic (exact) mass is 413 g/mol. The SMILES string of the molecule is C[NH+](C)CCOC1c2ccccc2C(C)(C)c2ccccc21.O=C([O-])CCC(=O)O. The third kappa shape index (κ3) is 5.90. The molecule has 2 aromatic carbocycles. The van der Waals surface area contributed by atoms with Crippen LogP contribution in [0.1, 0.15) is 55.0 Å². The lowest BCUT2D eigenvalue weighted by Crippen LogP contribution is -3.06. The van der Waals surface area contributed by atoms with Crippen LogP contribution in [0, 0.1) is 0 Å². The lowest BCUT2D eigenvalue weighted by atomic mass is 9.68. The second kappa shape index (κ2) is 10.4. The highest BCUT2D eigenvalue weighted by molar-refractivity contribution is 5.74. The number of fused-ring (bicyclic) bond motifs is 2. The van der Waals surface area contributed by atoms with Gasteiger partial charge in [-0.15, -0.1) is 0 Å². The molecule has 0 saturated carbocycles. The van der Waals surface area contributed by atoms with Gasteiger partial charge < -0.3 is 24.6 Å². The van der Waals surface area contributed by atoms with Gasteiger partial charge >= 0.3 is 5.97 Å². The van der Waals surface area contributed by atoms with E-state index in [2.05, 4.69) is 76.5 Å². The number of carbonyl (C=O) groups excluding carboxylic acids is 1. The van der Waals surface area contributed by atoms with Crippen LogP contribution in [-0.2, 0) is 19.7 Å². The number of likely N-dealkylation sites (N-methyl/N-ethyl adjacent to an activating group) is 1. The Hall–Kier alpha value is -2.70. The zero-order valence-electron chi connectivity index (χ0n) is 18.1. The first kappa shape index (κ1) is 23.6. The highest BCUT2D eigenvalue weighted by Gasteiger charge is 2.37. The number of benzene rings is 2. The smallest absolute Gasteiger partial charge is 0.303 e. The van der Waals surface area contributed by atoms with E-state index in [1.165, 1.54) is 27.2 Å². The Morgan fingerprint density at radius 3 is 1.90 bits per heavy atom. The number of aliphatic carboxylic acids is 2. The third-order valence-electron chi connectivity index (χ3n) is 5.26. The molecule has 1 aliphatic carbocycles. The van der Waals surface area contributed by atoms with Gasteiger partial charge in [-0.1, -0.05) is 62.4 Å². The topological polar surface area (TPSA) is 91.1 Å². The maximum absolute atomic E-state index is 9.61. The molecular formula is C24H31NO5. The molecule has 0 saturated heterocycles. The van der Waals surface area contributed by atoms with E-state index in [9.17, 15) is 14.7 Å². The van der Waals surface area contributed by atoms with Crippen LogP contribution in [0.2, 0.25) is 0 Å². The Bertz CT molecular complexity index is 812. The first-order valence-electron chi connectivity index (χ1n) is 10.2. The van der Waals surface area contributed by atoms with Crippen LogP contribution in [0.5, 0.6) is 0 Å². The van der Waals surface area contributed by atoms with Crippen molar-refractivity contribution in [3.8, 4) is 0 Å². The Balaban J connectivity index is 0.000000343. The molecule has 0 aliphatic heterocycles. The number of hydrogen-bond donors (Lipinski definition) is 2. The van der Waals surface area contributed by atoms with Crippen LogP contribution in [0.3, 0.4) is 0 Å². The Morgan fingerprint density at radius 1 is 1.00 bits per heavy atom. The maximum atomic E-state index is 9.61. The molecule has 0 atom stereocenters. The molecule has 162 valence electrons. The van der Waals surface area contributed by atoms with Crippen LogP contribution in [0.4, 0.5) is 0 Å². The van der Waals surface area contributed by atoms with Gasteiger partial charge in [-0.3, -0.25) is 4.79 Å². The van der Waals surface area contributed by atoms with Gasteiger partial charge in [0.25, 0.3) is 0 Å². The first-order chi connectivity index (χ1) is 14.1. The van der Waals surface area contributed by atoms with Gasteiger partial charge in [0.1, 0.15) is 12.6 Å². The van der Waals surface area contributed by atoms with Crippen LogP contribution >= 0.6 is 0 Å². The molecule has 1 aliphatic rings. The van der Waals surface area contributed by atoms with Crippen LogP contribution < -0.4 is 10.0 Å². The van der Waals surface area contributed by atoms with Crippen molar-refractivity contribution in [1.82, 2.24) is 0 Å². The average Bonchev–Trinajstić information content (AvgIpc) is 2.69. The molecule has 30 heavy (non-hydrogen) atoms. The lowest BCUT2D eigenvalue weighted by Gasteiger charge is -2.39. The van der Waals surface area contributed by atoms with Crippen molar-refractivity contribution in [1.29, 1.82) is 0 Å². The number of ether oxygens (including phenoxy) is 1. The summed E-state index contributed by atoms with van der Waals surface area (Å²) in [6.07, 6.45) is -0.711. The molecule has 0 aromatic heterocycles. The van der Waals surface area contributed by atoms with Gasteiger partial charge in [0.15, 0.2) is 0 Å². The third-order valence-corrected chi connectivity index (χ3v) is 5.26. The molecule has 6 heteroatoms. The van der Waals surface area contributed by atoms with E-state index >= 15 is 0 Å². The second-order valence-corrected chi connectivity index (χ2v) is 8.27. The highest BCUT2D eigenvalue weighted by Crippen LogP contribution is 2.46. The van der Waals surface area contributed by atoms with Crippen LogP contribution in [0.15, 0.2) is 48.5 Å². The molecule has 0 amide bonds. The number of hydrogen-bond acceptors (Lipinski definition) is 4. The van der Waals surface area contributed by atoms with E-state index in [0.717, 1.165) is 13.2 Å². The first-order valence-corrected chi connectivity index (χ1v) is 10.2. The minimum absolute atomic E-state index is 0.0276. The van der Waals surface area contributed by atoms with Gasteiger partial charge in [0.2, 0.25) is 0 Å². The predicted octanol–water partition coefficient (Wildman–Crippen LogP) is 1.18. The minimum Gasteiger partial charge on any atom is -0.550 e. The number of nitrogens with one attached hydrogen (secondary N) is 1. The van der Waals surface area contributed by atoms with Gasteiger partial charge in [0.05, 0.1) is 27.1 Å². The molecule has 0 radical (unpaired) electrons. The molecule has 0 bridgehead atoms. The Morgan fingerprint density at radius 2 is 1.50 bits per heavy atom. The molecule has 0 unspecified atom stereocenters. The molecule has 0 fully saturated rings. The summed E-state index contributed by atoms with van der Waals surface area (Å²) < 4.78 is 6.32. The van der Waals surface area contributed by atoms with Crippen molar-refractivity contribution in [2.24, 2.45) is 0 Å². The summed E-state index contributed by atoms with van der Waals surface area (Å²) in [4.78, 5) is 20.6. The van der Waals surface area contributed by atoms with Gasteiger partial charge in [0, 0.05) is 11.4 Å². The summed E-state index contributed by atoms with van der Waals surface area (Å²) >= 11 is 0. The van der Waals surface area contributed by atoms with Gasteiger partial charge in [-0.2, -0.15) is 0 Å². The van der Waals surface area contributed by atoms with E-state index in [1.54, 1.807) is 0 Å². The Labute approximate surface area is 178 Å². The number of rotatable bonds is 7. The second-order valence-electron chi connectivity index (χ2n) is 8.27. The fourth-order valence-electron chi connectivity index (χ4n) is 3.67. The molecule has 0 heterocycles.